The van der Waals surface area contributed by atoms with Crippen LogP contribution in [0.4, 0.5) is 11.4 Å². The molecule has 0 bridgehead atoms. The van der Waals surface area contributed by atoms with Crippen LogP contribution in [0.2, 0.25) is 5.02 Å². The number of rotatable bonds is 3. The van der Waals surface area contributed by atoms with Crippen molar-refractivity contribution in [3.8, 4) is 0 Å². The number of thiocarbonyl (C=S) groups is 1. The highest BCUT2D eigenvalue weighted by Gasteiger charge is 2.16. The van der Waals surface area contributed by atoms with E-state index in [-0.39, 0.29) is 21.7 Å². The van der Waals surface area contributed by atoms with Crippen LogP contribution in [-0.2, 0) is 0 Å². The van der Waals surface area contributed by atoms with Gasteiger partial charge < -0.3 is 5.32 Å². The van der Waals surface area contributed by atoms with Crippen LogP contribution in [0.3, 0.4) is 0 Å². The molecule has 0 radical (unpaired) electrons. The second-order valence-electron chi connectivity index (χ2n) is 4.65. The molecule has 0 aliphatic carbocycles. The molecule has 8 heteroatoms. The molecule has 0 atom stereocenters. The van der Waals surface area contributed by atoms with Crippen molar-refractivity contribution in [3.63, 3.8) is 0 Å². The lowest BCUT2D eigenvalue weighted by atomic mass is 10.2. The summed E-state index contributed by atoms with van der Waals surface area (Å²) < 4.78 is 0. The number of halogens is 1. The molecule has 2 N–H and O–H groups in total. The van der Waals surface area contributed by atoms with E-state index >= 15 is 0 Å². The molecule has 0 saturated heterocycles. The Morgan fingerprint density at radius 1 is 1.26 bits per heavy atom. The highest BCUT2D eigenvalue weighted by molar-refractivity contribution is 7.80. The SMILES string of the molecule is Cc1cc([N+](=O)[O-])c(Cl)cc1NC(=S)NC(=O)c1ccccc1. The highest BCUT2D eigenvalue weighted by atomic mass is 35.5. The quantitative estimate of drug-likeness (QED) is 0.501. The first-order valence-corrected chi connectivity index (χ1v) is 7.29. The Morgan fingerprint density at radius 2 is 1.91 bits per heavy atom. The Kier molecular flexibility index (Phi) is 5.25. The van der Waals surface area contributed by atoms with Crippen molar-refractivity contribution < 1.29 is 9.72 Å². The molecular formula is C15H12ClN3O3S. The molecule has 2 rings (SSSR count). The normalized spacial score (nSPS) is 10.0. The Hall–Kier alpha value is -2.51. The fraction of sp³-hybridized carbons (Fsp3) is 0.0667. The predicted molar refractivity (Wildman–Crippen MR) is 93.0 cm³/mol. The summed E-state index contributed by atoms with van der Waals surface area (Å²) in [6, 6.07) is 11.3. The molecule has 6 nitrogen and oxygen atoms in total. The van der Waals surface area contributed by atoms with Crippen LogP contribution in [0.25, 0.3) is 0 Å². The van der Waals surface area contributed by atoms with Crippen molar-refractivity contribution >= 4 is 46.2 Å². The molecule has 0 heterocycles. The predicted octanol–water partition coefficient (Wildman–Crippen LogP) is 3.68. The topological polar surface area (TPSA) is 84.3 Å². The molecule has 0 saturated carbocycles. The van der Waals surface area contributed by atoms with E-state index in [0.29, 0.717) is 16.8 Å². The molecular weight excluding hydrogens is 338 g/mol. The zero-order valence-electron chi connectivity index (χ0n) is 12.0. The molecule has 0 aliphatic heterocycles. The fourth-order valence-electron chi connectivity index (χ4n) is 1.86. The van der Waals surface area contributed by atoms with E-state index in [1.807, 2.05) is 0 Å². The largest absolute Gasteiger partial charge is 0.332 e. The summed E-state index contributed by atoms with van der Waals surface area (Å²) in [6.07, 6.45) is 0. The van der Waals surface area contributed by atoms with Gasteiger partial charge in [-0.1, -0.05) is 29.8 Å². The summed E-state index contributed by atoms with van der Waals surface area (Å²) in [5, 5.41) is 16.2. The van der Waals surface area contributed by atoms with Crippen molar-refractivity contribution in [2.75, 3.05) is 5.32 Å². The third-order valence-corrected chi connectivity index (χ3v) is 3.51. The van der Waals surface area contributed by atoms with Crippen molar-refractivity contribution in [3.05, 3.63) is 68.7 Å². The fourth-order valence-corrected chi connectivity index (χ4v) is 2.29. The summed E-state index contributed by atoms with van der Waals surface area (Å²) in [5.74, 6) is -0.353. The summed E-state index contributed by atoms with van der Waals surface area (Å²) >= 11 is 10.9. The van der Waals surface area contributed by atoms with Gasteiger partial charge in [-0.15, -0.1) is 0 Å². The number of anilines is 1. The number of hydrogen-bond donors (Lipinski definition) is 2. The Bertz CT molecular complexity index is 781. The number of nitro benzene ring substituents is 1. The number of nitrogens with zero attached hydrogens (tertiary/aromatic N) is 1. The molecule has 2 aromatic rings. The zero-order valence-corrected chi connectivity index (χ0v) is 13.6. The maximum absolute atomic E-state index is 12.0. The summed E-state index contributed by atoms with van der Waals surface area (Å²) in [4.78, 5) is 22.3. The molecule has 0 spiro atoms. The van der Waals surface area contributed by atoms with Crippen LogP contribution in [0.15, 0.2) is 42.5 Å². The van der Waals surface area contributed by atoms with Crippen LogP contribution in [-0.4, -0.2) is 15.9 Å². The van der Waals surface area contributed by atoms with Crippen LogP contribution in [0, 0.1) is 17.0 Å². The van der Waals surface area contributed by atoms with Crippen LogP contribution in [0.1, 0.15) is 15.9 Å². The van der Waals surface area contributed by atoms with Crippen LogP contribution < -0.4 is 10.6 Å². The molecule has 23 heavy (non-hydrogen) atoms. The molecule has 0 aromatic heterocycles. The summed E-state index contributed by atoms with van der Waals surface area (Å²) in [6.45, 7) is 1.67. The minimum atomic E-state index is -0.561. The molecule has 0 fully saturated rings. The van der Waals surface area contributed by atoms with E-state index in [4.69, 9.17) is 23.8 Å². The van der Waals surface area contributed by atoms with Gasteiger partial charge in [0.25, 0.3) is 11.6 Å². The smallest absolute Gasteiger partial charge is 0.288 e. The maximum Gasteiger partial charge on any atom is 0.288 e. The number of nitrogens with one attached hydrogen (secondary N) is 2. The van der Waals surface area contributed by atoms with E-state index in [0.717, 1.165) is 0 Å². The lowest BCUT2D eigenvalue weighted by Crippen LogP contribution is -2.34. The summed E-state index contributed by atoms with van der Waals surface area (Å²) in [5.41, 5.74) is 1.35. The van der Waals surface area contributed by atoms with Crippen molar-refractivity contribution in [1.82, 2.24) is 5.32 Å². The maximum atomic E-state index is 12.0. The van der Waals surface area contributed by atoms with Gasteiger partial charge in [0.2, 0.25) is 0 Å². The first-order chi connectivity index (χ1) is 10.9. The second kappa shape index (κ2) is 7.17. The third-order valence-electron chi connectivity index (χ3n) is 3.00. The standard InChI is InChI=1S/C15H12ClN3O3S/c1-9-7-13(19(21)22)11(16)8-12(9)17-15(23)18-14(20)10-5-3-2-4-6-10/h2-8H,1H3,(H2,17,18,20,23). The van der Waals surface area contributed by atoms with Crippen LogP contribution >= 0.6 is 23.8 Å². The first kappa shape index (κ1) is 16.9. The third kappa shape index (κ3) is 4.24. The van der Waals surface area contributed by atoms with Gasteiger partial charge in [-0.25, -0.2) is 0 Å². The van der Waals surface area contributed by atoms with Crippen molar-refractivity contribution in [1.29, 1.82) is 0 Å². The Labute approximate surface area is 142 Å². The van der Waals surface area contributed by atoms with Gasteiger partial charge in [0.05, 0.1) is 4.92 Å². The average molecular weight is 350 g/mol. The Morgan fingerprint density at radius 3 is 2.52 bits per heavy atom. The lowest BCUT2D eigenvalue weighted by Gasteiger charge is -2.12. The number of carbonyl (C=O) groups is 1. The van der Waals surface area contributed by atoms with Gasteiger partial charge in [0.15, 0.2) is 5.11 Å². The van der Waals surface area contributed by atoms with Gasteiger partial charge >= 0.3 is 0 Å². The minimum Gasteiger partial charge on any atom is -0.332 e. The van der Waals surface area contributed by atoms with Crippen LogP contribution in [0.5, 0.6) is 0 Å². The number of amides is 1. The minimum absolute atomic E-state index is 0.0136. The zero-order chi connectivity index (χ0) is 17.0. The number of nitro groups is 1. The monoisotopic (exact) mass is 349 g/mol. The Balaban J connectivity index is 2.10. The number of hydrogen-bond acceptors (Lipinski definition) is 4. The van der Waals surface area contributed by atoms with Gasteiger partial charge in [0, 0.05) is 17.3 Å². The van der Waals surface area contributed by atoms with Gasteiger partial charge in [-0.2, -0.15) is 0 Å². The highest BCUT2D eigenvalue weighted by Crippen LogP contribution is 2.30. The number of benzene rings is 2. The van der Waals surface area contributed by atoms with Gasteiger partial charge in [-0.05, 0) is 42.9 Å². The molecule has 1 amide bonds. The molecule has 118 valence electrons. The van der Waals surface area contributed by atoms with E-state index < -0.39 is 4.92 Å². The van der Waals surface area contributed by atoms with Gasteiger partial charge in [-0.3, -0.25) is 20.2 Å². The lowest BCUT2D eigenvalue weighted by molar-refractivity contribution is -0.384. The van der Waals surface area contributed by atoms with Crippen molar-refractivity contribution in [2.24, 2.45) is 0 Å². The van der Waals surface area contributed by atoms with Gasteiger partial charge in [0.1, 0.15) is 5.02 Å². The summed E-state index contributed by atoms with van der Waals surface area (Å²) in [7, 11) is 0. The number of aryl methyl sites for hydroxylation is 1. The number of carbonyl (C=O) groups excluding carboxylic acids is 1. The first-order valence-electron chi connectivity index (χ1n) is 6.50. The molecule has 2 aromatic carbocycles. The van der Waals surface area contributed by atoms with E-state index in [9.17, 15) is 14.9 Å². The van der Waals surface area contributed by atoms with E-state index in [1.165, 1.54) is 12.1 Å². The second-order valence-corrected chi connectivity index (χ2v) is 5.47. The molecule has 0 unspecified atom stereocenters. The van der Waals surface area contributed by atoms with E-state index in [1.54, 1.807) is 37.3 Å². The molecule has 0 aliphatic rings. The van der Waals surface area contributed by atoms with E-state index in [2.05, 4.69) is 10.6 Å². The van der Waals surface area contributed by atoms with Crippen molar-refractivity contribution in [2.45, 2.75) is 6.92 Å². The average Bonchev–Trinajstić information content (AvgIpc) is 2.51.